The molecule has 1 atom stereocenters. The molecule has 1 aromatic carbocycles. The Morgan fingerprint density at radius 2 is 2.18 bits per heavy atom. The van der Waals surface area contributed by atoms with Crippen LogP contribution >= 0.6 is 0 Å². The Morgan fingerprint density at radius 3 is 2.82 bits per heavy atom. The number of hydrogen-bond acceptors (Lipinski definition) is 4. The normalized spacial score (nSPS) is 12.4. The van der Waals surface area contributed by atoms with Crippen molar-refractivity contribution < 1.29 is 9.84 Å². The minimum absolute atomic E-state index is 0.334. The highest BCUT2D eigenvalue weighted by Gasteiger charge is 2.09. The van der Waals surface area contributed by atoms with Crippen LogP contribution in [-0.2, 0) is 13.7 Å². The molecule has 0 fully saturated rings. The molecule has 5 heteroatoms. The van der Waals surface area contributed by atoms with Crippen LogP contribution in [0.5, 0.6) is 5.75 Å². The summed E-state index contributed by atoms with van der Waals surface area (Å²) in [6, 6.07) is 7.42. The van der Waals surface area contributed by atoms with Crippen molar-refractivity contribution >= 4 is 0 Å². The van der Waals surface area contributed by atoms with E-state index in [2.05, 4.69) is 10.1 Å². The predicted octanol–water partition coefficient (Wildman–Crippen LogP) is 1.45. The molecule has 0 amide bonds. The highest BCUT2D eigenvalue weighted by atomic mass is 16.5. The Hall–Kier alpha value is -1.88. The zero-order chi connectivity index (χ0) is 12.3. The Labute approximate surface area is 99.7 Å². The molecule has 1 heterocycles. The van der Waals surface area contributed by atoms with E-state index in [4.69, 9.17) is 4.74 Å². The van der Waals surface area contributed by atoms with Crippen LogP contribution in [0.25, 0.3) is 0 Å². The zero-order valence-corrected chi connectivity index (χ0v) is 9.87. The maximum absolute atomic E-state index is 9.60. The van der Waals surface area contributed by atoms with Crippen LogP contribution < -0.4 is 4.74 Å². The van der Waals surface area contributed by atoms with Gasteiger partial charge in [-0.05, 0) is 13.0 Å². The van der Waals surface area contributed by atoms with Gasteiger partial charge in [-0.15, -0.1) is 0 Å². The summed E-state index contributed by atoms with van der Waals surface area (Å²) < 4.78 is 7.30. The third-order valence-corrected chi connectivity index (χ3v) is 2.53. The maximum atomic E-state index is 9.60. The van der Waals surface area contributed by atoms with Gasteiger partial charge in [-0.1, -0.05) is 18.2 Å². The quantitative estimate of drug-likeness (QED) is 0.868. The molecule has 5 nitrogen and oxygen atoms in total. The van der Waals surface area contributed by atoms with Crippen molar-refractivity contribution in [1.29, 1.82) is 0 Å². The molecule has 2 aromatic rings. The second kappa shape index (κ2) is 4.97. The maximum Gasteiger partial charge on any atom is 0.164 e. The first-order valence-corrected chi connectivity index (χ1v) is 5.41. The largest absolute Gasteiger partial charge is 0.485 e. The summed E-state index contributed by atoms with van der Waals surface area (Å²) in [5.41, 5.74) is 0.773. The van der Waals surface area contributed by atoms with Crippen LogP contribution in [0.2, 0.25) is 0 Å². The average molecular weight is 233 g/mol. The summed E-state index contributed by atoms with van der Waals surface area (Å²) in [6.07, 6.45) is 0.935. The molecule has 1 aromatic heterocycles. The number of aryl methyl sites for hydroxylation is 1. The van der Waals surface area contributed by atoms with Crippen molar-refractivity contribution in [1.82, 2.24) is 14.8 Å². The molecule has 17 heavy (non-hydrogen) atoms. The van der Waals surface area contributed by atoms with E-state index in [1.54, 1.807) is 11.6 Å². The first-order valence-electron chi connectivity index (χ1n) is 5.41. The predicted molar refractivity (Wildman–Crippen MR) is 62.4 cm³/mol. The van der Waals surface area contributed by atoms with E-state index in [0.29, 0.717) is 12.4 Å². The Morgan fingerprint density at radius 1 is 1.41 bits per heavy atom. The molecule has 0 bridgehead atoms. The highest BCUT2D eigenvalue weighted by molar-refractivity contribution is 5.34. The van der Waals surface area contributed by atoms with Crippen molar-refractivity contribution in [3.05, 3.63) is 42.0 Å². The number of aliphatic hydroxyl groups excluding tert-OH is 1. The smallest absolute Gasteiger partial charge is 0.164 e. The molecule has 0 aliphatic carbocycles. The average Bonchev–Trinajstić information content (AvgIpc) is 2.72. The first-order chi connectivity index (χ1) is 8.18. The topological polar surface area (TPSA) is 60.2 Å². The van der Waals surface area contributed by atoms with Crippen LogP contribution in [0.15, 0.2) is 30.6 Å². The van der Waals surface area contributed by atoms with Crippen molar-refractivity contribution in [3.8, 4) is 5.75 Å². The lowest BCUT2D eigenvalue weighted by molar-refractivity contribution is 0.189. The minimum atomic E-state index is -0.550. The molecule has 0 saturated carbocycles. The van der Waals surface area contributed by atoms with Crippen molar-refractivity contribution in [2.24, 2.45) is 7.05 Å². The molecule has 1 N–H and O–H groups in total. The van der Waals surface area contributed by atoms with Crippen LogP contribution in [0.4, 0.5) is 0 Å². The van der Waals surface area contributed by atoms with Gasteiger partial charge in [-0.25, -0.2) is 4.98 Å². The molecule has 0 saturated heterocycles. The van der Waals surface area contributed by atoms with E-state index in [9.17, 15) is 5.11 Å². The number of ether oxygens (including phenoxy) is 1. The highest BCUT2D eigenvalue weighted by Crippen LogP contribution is 2.24. The van der Waals surface area contributed by atoms with E-state index in [1.165, 1.54) is 6.33 Å². The number of benzene rings is 1. The van der Waals surface area contributed by atoms with E-state index in [0.717, 1.165) is 11.4 Å². The zero-order valence-electron chi connectivity index (χ0n) is 9.87. The van der Waals surface area contributed by atoms with Gasteiger partial charge < -0.3 is 9.84 Å². The summed E-state index contributed by atoms with van der Waals surface area (Å²) in [5, 5.41) is 13.6. The van der Waals surface area contributed by atoms with E-state index < -0.39 is 6.10 Å². The Kier molecular flexibility index (Phi) is 3.39. The van der Waals surface area contributed by atoms with Gasteiger partial charge in [0.15, 0.2) is 5.82 Å². The molecular weight excluding hydrogens is 218 g/mol. The molecule has 0 aliphatic rings. The standard InChI is InChI=1S/C12H15N3O2/c1-9(16)10-5-3-4-6-11(10)17-7-12-13-8-14-15(12)2/h3-6,8-9,16H,7H2,1-2H3/t9-/m0/s1. The van der Waals surface area contributed by atoms with Crippen molar-refractivity contribution in [2.75, 3.05) is 0 Å². The summed E-state index contributed by atoms with van der Waals surface area (Å²) in [4.78, 5) is 4.07. The van der Waals surface area contributed by atoms with E-state index >= 15 is 0 Å². The molecule has 0 aliphatic heterocycles. The molecule has 0 unspecified atom stereocenters. The lowest BCUT2D eigenvalue weighted by Gasteiger charge is -2.12. The number of aliphatic hydroxyl groups is 1. The second-order valence-electron chi connectivity index (χ2n) is 3.80. The van der Waals surface area contributed by atoms with E-state index in [1.807, 2.05) is 31.3 Å². The van der Waals surface area contributed by atoms with E-state index in [-0.39, 0.29) is 0 Å². The van der Waals surface area contributed by atoms with Gasteiger partial charge >= 0.3 is 0 Å². The van der Waals surface area contributed by atoms with Gasteiger partial charge in [0.25, 0.3) is 0 Å². The molecule has 0 spiro atoms. The molecule has 90 valence electrons. The van der Waals surface area contributed by atoms with Crippen LogP contribution in [0.1, 0.15) is 24.4 Å². The second-order valence-corrected chi connectivity index (χ2v) is 3.80. The number of hydrogen-bond donors (Lipinski definition) is 1. The van der Waals surface area contributed by atoms with Crippen LogP contribution in [-0.4, -0.2) is 19.9 Å². The van der Waals surface area contributed by atoms with Gasteiger partial charge in [0, 0.05) is 12.6 Å². The summed E-state index contributed by atoms with van der Waals surface area (Å²) >= 11 is 0. The Bertz CT molecular complexity index is 494. The SMILES string of the molecule is C[C@H](O)c1ccccc1OCc1ncnn1C. The van der Waals surface area contributed by atoms with Crippen molar-refractivity contribution in [2.45, 2.75) is 19.6 Å². The lowest BCUT2D eigenvalue weighted by atomic mass is 10.1. The number of aromatic nitrogens is 3. The molecule has 0 radical (unpaired) electrons. The third-order valence-electron chi connectivity index (χ3n) is 2.53. The van der Waals surface area contributed by atoms with Crippen molar-refractivity contribution in [3.63, 3.8) is 0 Å². The number of nitrogens with zero attached hydrogens (tertiary/aromatic N) is 3. The van der Waals surface area contributed by atoms with Gasteiger partial charge in [0.05, 0.1) is 6.10 Å². The minimum Gasteiger partial charge on any atom is -0.485 e. The monoisotopic (exact) mass is 233 g/mol. The van der Waals surface area contributed by atoms with Crippen LogP contribution in [0.3, 0.4) is 0 Å². The van der Waals surface area contributed by atoms with Gasteiger partial charge in [-0.2, -0.15) is 5.10 Å². The first kappa shape index (κ1) is 11.6. The Balaban J connectivity index is 2.11. The van der Waals surface area contributed by atoms with Gasteiger partial charge in [0.1, 0.15) is 18.7 Å². The van der Waals surface area contributed by atoms with Crippen LogP contribution in [0, 0.1) is 0 Å². The van der Waals surface area contributed by atoms with Gasteiger partial charge in [-0.3, -0.25) is 4.68 Å². The fraction of sp³-hybridized carbons (Fsp3) is 0.333. The molecular formula is C12H15N3O2. The summed E-state index contributed by atoms with van der Waals surface area (Å²) in [6.45, 7) is 2.05. The molecule has 2 rings (SSSR count). The fourth-order valence-electron chi connectivity index (χ4n) is 1.55. The number of rotatable bonds is 4. The lowest BCUT2D eigenvalue weighted by Crippen LogP contribution is -2.06. The third kappa shape index (κ3) is 2.62. The van der Waals surface area contributed by atoms with Gasteiger partial charge in [0.2, 0.25) is 0 Å². The summed E-state index contributed by atoms with van der Waals surface area (Å²) in [7, 11) is 1.81. The number of para-hydroxylation sites is 1. The summed E-state index contributed by atoms with van der Waals surface area (Å²) in [5.74, 6) is 1.41. The fourth-order valence-corrected chi connectivity index (χ4v) is 1.55.